The molecule has 6 heteroatoms. The molecule has 1 aromatic heterocycles. The number of hydrogen-bond acceptors (Lipinski definition) is 5. The second-order valence-corrected chi connectivity index (χ2v) is 6.92. The topological polar surface area (TPSA) is 84.6 Å². The molecule has 2 aromatic carbocycles. The van der Waals surface area contributed by atoms with Crippen LogP contribution in [0.25, 0.3) is 22.1 Å². The van der Waals surface area contributed by atoms with Crippen LogP contribution in [0.1, 0.15) is 0 Å². The van der Waals surface area contributed by atoms with Crippen molar-refractivity contribution in [2.75, 3.05) is 6.26 Å². The molecule has 0 aliphatic rings. The minimum absolute atomic E-state index is 0.0127. The van der Waals surface area contributed by atoms with E-state index in [1.54, 1.807) is 24.3 Å². The Balaban J connectivity index is 2.24. The van der Waals surface area contributed by atoms with Crippen LogP contribution in [0.2, 0.25) is 0 Å². The molecule has 5 nitrogen and oxygen atoms in total. The van der Waals surface area contributed by atoms with Crippen LogP contribution in [-0.4, -0.2) is 19.8 Å². The van der Waals surface area contributed by atoms with Gasteiger partial charge in [0.1, 0.15) is 16.9 Å². The van der Waals surface area contributed by atoms with Gasteiger partial charge < -0.3 is 9.52 Å². The molecule has 0 aliphatic carbocycles. The van der Waals surface area contributed by atoms with Crippen molar-refractivity contribution in [2.24, 2.45) is 0 Å². The fourth-order valence-corrected chi connectivity index (χ4v) is 2.89. The zero-order valence-electron chi connectivity index (χ0n) is 11.6. The summed E-state index contributed by atoms with van der Waals surface area (Å²) in [6, 6.07) is 12.4. The first-order valence-corrected chi connectivity index (χ1v) is 8.32. The first kappa shape index (κ1) is 14.3. The largest absolute Gasteiger partial charge is 0.506 e. The standard InChI is InChI=1S/C16H12O5S/c1-22(19,20)11-8-6-10(7-9-11)14-15(17)12-4-2-3-5-13(12)21-16(14)18/h2-9,17H,1H3. The Kier molecular flexibility index (Phi) is 3.26. The van der Waals surface area contributed by atoms with E-state index in [-0.39, 0.29) is 16.2 Å². The smallest absolute Gasteiger partial charge is 0.347 e. The number of fused-ring (bicyclic) bond motifs is 1. The Hall–Kier alpha value is -2.60. The number of sulfone groups is 1. The van der Waals surface area contributed by atoms with Gasteiger partial charge in [0.25, 0.3) is 0 Å². The van der Waals surface area contributed by atoms with E-state index in [1.165, 1.54) is 24.3 Å². The molecular weight excluding hydrogens is 304 g/mol. The number of para-hydroxylation sites is 1. The first-order valence-electron chi connectivity index (χ1n) is 6.43. The molecule has 0 aliphatic heterocycles. The highest BCUT2D eigenvalue weighted by atomic mass is 32.2. The minimum Gasteiger partial charge on any atom is -0.506 e. The van der Waals surface area contributed by atoms with Crippen LogP contribution in [0, 0.1) is 0 Å². The molecular formula is C16H12O5S. The maximum Gasteiger partial charge on any atom is 0.347 e. The molecule has 0 saturated heterocycles. The van der Waals surface area contributed by atoms with E-state index in [0.717, 1.165) is 6.26 Å². The third kappa shape index (κ3) is 2.37. The van der Waals surface area contributed by atoms with Crippen molar-refractivity contribution in [3.63, 3.8) is 0 Å². The van der Waals surface area contributed by atoms with E-state index in [9.17, 15) is 18.3 Å². The number of rotatable bonds is 2. The normalized spacial score (nSPS) is 11.7. The zero-order valence-corrected chi connectivity index (χ0v) is 12.4. The van der Waals surface area contributed by atoms with Gasteiger partial charge in [-0.3, -0.25) is 0 Å². The lowest BCUT2D eigenvalue weighted by molar-refractivity contribution is 0.471. The second kappa shape index (κ2) is 4.99. The van der Waals surface area contributed by atoms with Gasteiger partial charge >= 0.3 is 5.63 Å². The minimum atomic E-state index is -3.32. The molecule has 112 valence electrons. The van der Waals surface area contributed by atoms with Crippen molar-refractivity contribution in [1.82, 2.24) is 0 Å². The number of benzene rings is 2. The Morgan fingerprint density at radius 3 is 2.27 bits per heavy atom. The van der Waals surface area contributed by atoms with Gasteiger partial charge in [-0.2, -0.15) is 0 Å². The van der Waals surface area contributed by atoms with Gasteiger partial charge in [-0.25, -0.2) is 13.2 Å². The van der Waals surface area contributed by atoms with E-state index in [4.69, 9.17) is 4.42 Å². The lowest BCUT2D eigenvalue weighted by Gasteiger charge is -2.07. The monoisotopic (exact) mass is 316 g/mol. The van der Waals surface area contributed by atoms with Crippen LogP contribution in [-0.2, 0) is 9.84 Å². The summed E-state index contributed by atoms with van der Waals surface area (Å²) in [6.07, 6.45) is 1.10. The number of hydrogen-bond donors (Lipinski definition) is 1. The van der Waals surface area contributed by atoms with Crippen molar-refractivity contribution in [2.45, 2.75) is 4.90 Å². The second-order valence-electron chi connectivity index (χ2n) is 4.91. The Morgan fingerprint density at radius 1 is 1.00 bits per heavy atom. The number of aromatic hydroxyl groups is 1. The van der Waals surface area contributed by atoms with Crippen LogP contribution >= 0.6 is 0 Å². The molecule has 0 atom stereocenters. The zero-order chi connectivity index (χ0) is 15.9. The van der Waals surface area contributed by atoms with Gasteiger partial charge in [-0.15, -0.1) is 0 Å². The van der Waals surface area contributed by atoms with Gasteiger partial charge in [-0.05, 0) is 29.8 Å². The Morgan fingerprint density at radius 2 is 1.64 bits per heavy atom. The van der Waals surface area contributed by atoms with Gasteiger partial charge in [0.05, 0.1) is 10.3 Å². The van der Waals surface area contributed by atoms with Gasteiger partial charge in [0, 0.05) is 6.26 Å². The quantitative estimate of drug-likeness (QED) is 0.735. The molecule has 0 unspecified atom stereocenters. The third-order valence-electron chi connectivity index (χ3n) is 3.36. The third-order valence-corrected chi connectivity index (χ3v) is 4.49. The van der Waals surface area contributed by atoms with Crippen LogP contribution in [0.3, 0.4) is 0 Å². The fourth-order valence-electron chi connectivity index (χ4n) is 2.26. The SMILES string of the molecule is CS(=O)(=O)c1ccc(-c2c(O)c3ccccc3oc2=O)cc1. The summed E-state index contributed by atoms with van der Waals surface area (Å²) >= 11 is 0. The summed E-state index contributed by atoms with van der Waals surface area (Å²) in [5, 5.41) is 10.8. The molecule has 1 heterocycles. The fraction of sp³-hybridized carbons (Fsp3) is 0.0625. The van der Waals surface area contributed by atoms with Crippen molar-refractivity contribution < 1.29 is 17.9 Å². The molecule has 3 rings (SSSR count). The highest BCUT2D eigenvalue weighted by molar-refractivity contribution is 7.90. The molecule has 22 heavy (non-hydrogen) atoms. The van der Waals surface area contributed by atoms with Gasteiger partial charge in [-0.1, -0.05) is 24.3 Å². The average Bonchev–Trinajstić information content (AvgIpc) is 2.47. The summed E-state index contributed by atoms with van der Waals surface area (Å²) < 4.78 is 28.1. The molecule has 1 N–H and O–H groups in total. The maximum absolute atomic E-state index is 12.1. The summed E-state index contributed by atoms with van der Waals surface area (Å²) in [4.78, 5) is 12.2. The molecule has 0 saturated carbocycles. The predicted octanol–water partition coefficient (Wildman–Crippen LogP) is 2.57. The lowest BCUT2D eigenvalue weighted by Crippen LogP contribution is -2.04. The molecule has 0 spiro atoms. The predicted molar refractivity (Wildman–Crippen MR) is 82.7 cm³/mol. The maximum atomic E-state index is 12.1. The lowest BCUT2D eigenvalue weighted by atomic mass is 10.0. The highest BCUT2D eigenvalue weighted by Crippen LogP contribution is 2.33. The van der Waals surface area contributed by atoms with Gasteiger partial charge in [0.15, 0.2) is 9.84 Å². The van der Waals surface area contributed by atoms with Crippen molar-refractivity contribution in [3.8, 4) is 16.9 Å². The molecule has 3 aromatic rings. The van der Waals surface area contributed by atoms with E-state index in [1.807, 2.05) is 0 Å². The van der Waals surface area contributed by atoms with Crippen LogP contribution < -0.4 is 5.63 Å². The molecule has 0 bridgehead atoms. The van der Waals surface area contributed by atoms with E-state index < -0.39 is 15.5 Å². The van der Waals surface area contributed by atoms with E-state index in [0.29, 0.717) is 16.5 Å². The van der Waals surface area contributed by atoms with Crippen molar-refractivity contribution >= 4 is 20.8 Å². The van der Waals surface area contributed by atoms with Gasteiger partial charge in [0.2, 0.25) is 0 Å². The van der Waals surface area contributed by atoms with E-state index in [2.05, 4.69) is 0 Å². The van der Waals surface area contributed by atoms with Crippen LogP contribution in [0.4, 0.5) is 0 Å². The summed E-state index contributed by atoms with van der Waals surface area (Å²) in [6.45, 7) is 0. The Labute approximate surface area is 126 Å². The van der Waals surface area contributed by atoms with Crippen LogP contribution in [0.15, 0.2) is 62.6 Å². The summed E-state index contributed by atoms with van der Waals surface area (Å²) in [5.74, 6) is -0.182. The van der Waals surface area contributed by atoms with E-state index >= 15 is 0 Å². The Bertz CT molecular complexity index is 1010. The summed E-state index contributed by atoms with van der Waals surface area (Å²) in [5.41, 5.74) is 0.0213. The van der Waals surface area contributed by atoms with Crippen molar-refractivity contribution in [3.05, 3.63) is 59.0 Å². The molecule has 0 radical (unpaired) electrons. The average molecular weight is 316 g/mol. The first-order chi connectivity index (χ1) is 10.4. The van der Waals surface area contributed by atoms with Crippen molar-refractivity contribution in [1.29, 1.82) is 0 Å². The molecule has 0 amide bonds. The molecule has 0 fully saturated rings. The highest BCUT2D eigenvalue weighted by Gasteiger charge is 2.16. The summed E-state index contributed by atoms with van der Waals surface area (Å²) in [7, 11) is -3.32. The van der Waals surface area contributed by atoms with Crippen LogP contribution in [0.5, 0.6) is 5.75 Å².